The van der Waals surface area contributed by atoms with E-state index >= 15 is 0 Å². The fourth-order valence-electron chi connectivity index (χ4n) is 2.12. The van der Waals surface area contributed by atoms with E-state index in [2.05, 4.69) is 9.88 Å². The second-order valence-corrected chi connectivity index (χ2v) is 3.97. The fraction of sp³-hybridized carbons (Fsp3) is 0.500. The van der Waals surface area contributed by atoms with Crippen molar-refractivity contribution in [2.24, 2.45) is 0 Å². The monoisotopic (exact) mass is 220 g/mol. The number of aromatic nitrogens is 1. The molecule has 2 rings (SSSR count). The Bertz CT molecular complexity index is 353. The van der Waals surface area contributed by atoms with Gasteiger partial charge in [-0.05, 0) is 31.5 Å². The van der Waals surface area contributed by atoms with Gasteiger partial charge in [-0.3, -0.25) is 14.7 Å². The van der Waals surface area contributed by atoms with Crippen molar-refractivity contribution in [3.63, 3.8) is 0 Å². The van der Waals surface area contributed by atoms with Gasteiger partial charge in [0.1, 0.15) is 6.04 Å². The zero-order valence-corrected chi connectivity index (χ0v) is 9.43. The van der Waals surface area contributed by atoms with Crippen molar-refractivity contribution in [2.75, 3.05) is 13.7 Å². The highest BCUT2D eigenvalue weighted by molar-refractivity contribution is 5.75. The van der Waals surface area contributed by atoms with E-state index in [1.54, 1.807) is 6.20 Å². The molecule has 1 fully saturated rings. The molecule has 1 unspecified atom stereocenters. The molecule has 2 heterocycles. The predicted octanol–water partition coefficient (Wildman–Crippen LogP) is 1.22. The number of ether oxygens (including phenoxy) is 1. The molecule has 0 N–H and O–H groups in total. The molecule has 4 nitrogen and oxygen atoms in total. The van der Waals surface area contributed by atoms with Crippen LogP contribution >= 0.6 is 0 Å². The molecule has 0 amide bonds. The summed E-state index contributed by atoms with van der Waals surface area (Å²) in [6.07, 6.45) is 3.71. The predicted molar refractivity (Wildman–Crippen MR) is 59.7 cm³/mol. The quantitative estimate of drug-likeness (QED) is 0.718. The first-order chi connectivity index (χ1) is 7.81. The summed E-state index contributed by atoms with van der Waals surface area (Å²) in [5.41, 5.74) is 0.998. The van der Waals surface area contributed by atoms with Gasteiger partial charge in [0, 0.05) is 12.7 Å². The fourth-order valence-corrected chi connectivity index (χ4v) is 2.12. The topological polar surface area (TPSA) is 42.4 Å². The van der Waals surface area contributed by atoms with Gasteiger partial charge in [0.15, 0.2) is 0 Å². The molecule has 0 radical (unpaired) electrons. The minimum atomic E-state index is -0.131. The van der Waals surface area contributed by atoms with E-state index in [1.165, 1.54) is 7.11 Å². The van der Waals surface area contributed by atoms with Gasteiger partial charge in [-0.15, -0.1) is 0 Å². The van der Waals surface area contributed by atoms with Crippen LogP contribution in [0.5, 0.6) is 0 Å². The molecular formula is C12H16N2O2. The van der Waals surface area contributed by atoms with Crippen LogP contribution in [-0.4, -0.2) is 35.5 Å². The van der Waals surface area contributed by atoms with Crippen molar-refractivity contribution in [3.8, 4) is 0 Å². The molecule has 1 aromatic rings. The van der Waals surface area contributed by atoms with E-state index in [-0.39, 0.29) is 12.0 Å². The van der Waals surface area contributed by atoms with Gasteiger partial charge in [0.2, 0.25) is 0 Å². The second-order valence-electron chi connectivity index (χ2n) is 3.97. The van der Waals surface area contributed by atoms with Crippen molar-refractivity contribution in [1.29, 1.82) is 0 Å². The van der Waals surface area contributed by atoms with E-state index in [9.17, 15) is 4.79 Å². The van der Waals surface area contributed by atoms with Crippen molar-refractivity contribution in [3.05, 3.63) is 30.1 Å². The van der Waals surface area contributed by atoms with Gasteiger partial charge in [-0.1, -0.05) is 6.07 Å². The molecule has 1 atom stereocenters. The Balaban J connectivity index is 2.01. The van der Waals surface area contributed by atoms with Gasteiger partial charge in [0.05, 0.1) is 12.8 Å². The Hall–Kier alpha value is -1.42. The standard InChI is InChI=1S/C12H16N2O2/c1-16-12(15)11-6-4-8-14(11)9-10-5-2-3-7-13-10/h2-3,5,7,11H,4,6,8-9H2,1H3. The first-order valence-corrected chi connectivity index (χ1v) is 5.53. The SMILES string of the molecule is COC(=O)C1CCCN1Cc1ccccn1. The highest BCUT2D eigenvalue weighted by Gasteiger charge is 2.31. The molecule has 1 saturated heterocycles. The highest BCUT2D eigenvalue weighted by Crippen LogP contribution is 2.20. The lowest BCUT2D eigenvalue weighted by Gasteiger charge is -2.21. The van der Waals surface area contributed by atoms with E-state index in [4.69, 9.17) is 4.74 Å². The van der Waals surface area contributed by atoms with Crippen LogP contribution in [0.3, 0.4) is 0 Å². The molecule has 0 aromatic carbocycles. The number of hydrogen-bond donors (Lipinski definition) is 0. The summed E-state index contributed by atoms with van der Waals surface area (Å²) in [6.45, 7) is 1.66. The zero-order chi connectivity index (χ0) is 11.4. The smallest absolute Gasteiger partial charge is 0.323 e. The summed E-state index contributed by atoms with van der Waals surface area (Å²) in [4.78, 5) is 17.9. The van der Waals surface area contributed by atoms with Crippen LogP contribution in [-0.2, 0) is 16.1 Å². The minimum Gasteiger partial charge on any atom is -0.468 e. The number of carbonyl (C=O) groups excluding carboxylic acids is 1. The molecule has 0 bridgehead atoms. The molecular weight excluding hydrogens is 204 g/mol. The number of rotatable bonds is 3. The summed E-state index contributed by atoms with van der Waals surface area (Å²) in [5.74, 6) is -0.131. The number of nitrogens with zero attached hydrogens (tertiary/aromatic N) is 2. The maximum Gasteiger partial charge on any atom is 0.323 e. The third-order valence-corrected chi connectivity index (χ3v) is 2.93. The summed E-state index contributed by atoms with van der Waals surface area (Å²) < 4.78 is 4.80. The van der Waals surface area contributed by atoms with Crippen LogP contribution in [0.25, 0.3) is 0 Å². The van der Waals surface area contributed by atoms with Crippen molar-refractivity contribution < 1.29 is 9.53 Å². The number of likely N-dealkylation sites (tertiary alicyclic amines) is 1. The molecule has 0 aliphatic carbocycles. The lowest BCUT2D eigenvalue weighted by atomic mass is 10.2. The van der Waals surface area contributed by atoms with Gasteiger partial charge in [-0.2, -0.15) is 0 Å². The molecule has 4 heteroatoms. The van der Waals surface area contributed by atoms with Gasteiger partial charge in [0.25, 0.3) is 0 Å². The largest absolute Gasteiger partial charge is 0.468 e. The van der Waals surface area contributed by atoms with Crippen LogP contribution in [0.2, 0.25) is 0 Å². The average Bonchev–Trinajstić information content (AvgIpc) is 2.77. The highest BCUT2D eigenvalue weighted by atomic mass is 16.5. The van der Waals surface area contributed by atoms with E-state index in [0.717, 1.165) is 31.6 Å². The molecule has 0 spiro atoms. The van der Waals surface area contributed by atoms with Gasteiger partial charge in [-0.25, -0.2) is 0 Å². The maximum atomic E-state index is 11.5. The second kappa shape index (κ2) is 5.07. The molecule has 1 aromatic heterocycles. The van der Waals surface area contributed by atoms with Crippen LogP contribution in [0.4, 0.5) is 0 Å². The summed E-state index contributed by atoms with van der Waals surface area (Å²) >= 11 is 0. The van der Waals surface area contributed by atoms with Crippen LogP contribution < -0.4 is 0 Å². The molecule has 1 aliphatic rings. The van der Waals surface area contributed by atoms with Crippen molar-refractivity contribution in [1.82, 2.24) is 9.88 Å². The normalized spacial score (nSPS) is 20.9. The Labute approximate surface area is 95.2 Å². The first-order valence-electron chi connectivity index (χ1n) is 5.53. The summed E-state index contributed by atoms with van der Waals surface area (Å²) in [7, 11) is 1.44. The molecule has 16 heavy (non-hydrogen) atoms. The maximum absolute atomic E-state index is 11.5. The Kier molecular flexibility index (Phi) is 3.51. The third-order valence-electron chi connectivity index (χ3n) is 2.93. The van der Waals surface area contributed by atoms with E-state index in [1.807, 2.05) is 18.2 Å². The Morgan fingerprint density at radius 1 is 1.62 bits per heavy atom. The third kappa shape index (κ3) is 2.39. The lowest BCUT2D eigenvalue weighted by molar-refractivity contribution is -0.146. The zero-order valence-electron chi connectivity index (χ0n) is 9.43. The van der Waals surface area contributed by atoms with Crippen molar-refractivity contribution >= 4 is 5.97 Å². The number of methoxy groups -OCH3 is 1. The van der Waals surface area contributed by atoms with E-state index < -0.39 is 0 Å². The molecule has 0 saturated carbocycles. The van der Waals surface area contributed by atoms with Crippen LogP contribution in [0, 0.1) is 0 Å². The first kappa shape index (κ1) is 11.1. The van der Waals surface area contributed by atoms with Gasteiger partial charge < -0.3 is 4.74 Å². The summed E-state index contributed by atoms with van der Waals surface area (Å²) in [6, 6.07) is 5.75. The summed E-state index contributed by atoms with van der Waals surface area (Å²) in [5, 5.41) is 0. The Morgan fingerprint density at radius 3 is 3.19 bits per heavy atom. The molecule has 86 valence electrons. The molecule has 1 aliphatic heterocycles. The lowest BCUT2D eigenvalue weighted by Crippen LogP contribution is -2.36. The van der Waals surface area contributed by atoms with Crippen molar-refractivity contribution in [2.45, 2.75) is 25.4 Å². The Morgan fingerprint density at radius 2 is 2.50 bits per heavy atom. The minimum absolute atomic E-state index is 0.0907. The van der Waals surface area contributed by atoms with Crippen LogP contribution in [0.15, 0.2) is 24.4 Å². The van der Waals surface area contributed by atoms with Gasteiger partial charge >= 0.3 is 5.97 Å². The number of pyridine rings is 1. The number of hydrogen-bond acceptors (Lipinski definition) is 4. The number of carbonyl (C=O) groups is 1. The van der Waals surface area contributed by atoms with E-state index in [0.29, 0.717) is 0 Å². The van der Waals surface area contributed by atoms with Crippen LogP contribution in [0.1, 0.15) is 18.5 Å². The number of esters is 1. The average molecular weight is 220 g/mol.